The number of halogens is 1. The van der Waals surface area contributed by atoms with Gasteiger partial charge in [-0.2, -0.15) is 0 Å². The summed E-state index contributed by atoms with van der Waals surface area (Å²) >= 11 is 6.15. The van der Waals surface area contributed by atoms with E-state index in [4.69, 9.17) is 16.3 Å². The van der Waals surface area contributed by atoms with Gasteiger partial charge in [-0.3, -0.25) is 4.72 Å². The number of ether oxygens (including phenoxy) is 1. The summed E-state index contributed by atoms with van der Waals surface area (Å²) in [7, 11) is -3.87. The van der Waals surface area contributed by atoms with Gasteiger partial charge in [0.05, 0.1) is 6.61 Å². The topological polar surface area (TPSA) is 68.3 Å². The van der Waals surface area contributed by atoms with Gasteiger partial charge in [0.25, 0.3) is 10.0 Å². The molecule has 0 amide bonds. The number of nitrogens with zero attached hydrogens (tertiary/aromatic N) is 1. The highest BCUT2D eigenvalue weighted by Crippen LogP contribution is 2.32. The number of pyridine rings is 1. The maximum absolute atomic E-state index is 12.8. The van der Waals surface area contributed by atoms with Crippen molar-refractivity contribution in [3.05, 3.63) is 46.6 Å². The monoisotopic (exact) mass is 382 g/mol. The number of aryl methyl sites for hydroxylation is 2. The average Bonchev–Trinajstić information content (AvgIpc) is 2.56. The lowest BCUT2D eigenvalue weighted by atomic mass is 10.2. The summed E-state index contributed by atoms with van der Waals surface area (Å²) in [4.78, 5) is 4.10. The van der Waals surface area contributed by atoms with Crippen LogP contribution < -0.4 is 9.46 Å². The minimum absolute atomic E-state index is 0.0182. The van der Waals surface area contributed by atoms with Crippen molar-refractivity contribution in [3.8, 4) is 5.75 Å². The molecule has 0 atom stereocenters. The van der Waals surface area contributed by atoms with E-state index < -0.39 is 10.0 Å². The lowest BCUT2D eigenvalue weighted by Gasteiger charge is -2.15. The Bertz CT molecular complexity index is 838. The standard InChI is InChI=1S/C18H23ClN2O3S/c1-4-5-6-10-24-16-11-14(3)15(19)12-17(16)25(22,23)21-18-13(2)8-7-9-20-18/h7-9,11-12H,4-6,10H2,1-3H3,(H,20,21). The first kappa shape index (κ1) is 19.5. The fourth-order valence-corrected chi connectivity index (χ4v) is 3.73. The highest BCUT2D eigenvalue weighted by molar-refractivity contribution is 7.92. The highest BCUT2D eigenvalue weighted by atomic mass is 35.5. The van der Waals surface area contributed by atoms with Gasteiger partial charge in [-0.1, -0.05) is 37.4 Å². The van der Waals surface area contributed by atoms with Crippen molar-refractivity contribution < 1.29 is 13.2 Å². The first-order valence-corrected chi connectivity index (χ1v) is 10.1. The van der Waals surface area contributed by atoms with Gasteiger partial charge in [-0.15, -0.1) is 0 Å². The quantitative estimate of drug-likeness (QED) is 0.670. The second-order valence-electron chi connectivity index (χ2n) is 5.88. The van der Waals surface area contributed by atoms with E-state index >= 15 is 0 Å². The fourth-order valence-electron chi connectivity index (χ4n) is 2.27. The smallest absolute Gasteiger partial charge is 0.266 e. The summed E-state index contributed by atoms with van der Waals surface area (Å²) in [6.07, 6.45) is 4.49. The van der Waals surface area contributed by atoms with Gasteiger partial charge in [0.2, 0.25) is 0 Å². The van der Waals surface area contributed by atoms with Gasteiger partial charge in [-0.05, 0) is 49.6 Å². The van der Waals surface area contributed by atoms with Gasteiger partial charge < -0.3 is 4.74 Å². The minimum atomic E-state index is -3.87. The predicted octanol–water partition coefficient (Wildman–Crippen LogP) is 4.72. The van der Waals surface area contributed by atoms with Crippen molar-refractivity contribution >= 4 is 27.4 Å². The number of nitrogens with one attached hydrogen (secondary N) is 1. The van der Waals surface area contributed by atoms with Crippen LogP contribution in [0.15, 0.2) is 35.4 Å². The first-order chi connectivity index (χ1) is 11.8. The van der Waals surface area contributed by atoms with Crippen LogP contribution >= 0.6 is 11.6 Å². The van der Waals surface area contributed by atoms with Gasteiger partial charge in [0.1, 0.15) is 16.5 Å². The Labute approximate surface area is 154 Å². The van der Waals surface area contributed by atoms with Crippen LogP contribution in [0.25, 0.3) is 0 Å². The Morgan fingerprint density at radius 3 is 2.64 bits per heavy atom. The lowest BCUT2D eigenvalue weighted by molar-refractivity contribution is 0.298. The summed E-state index contributed by atoms with van der Waals surface area (Å²) in [6, 6.07) is 6.62. The second kappa shape index (κ2) is 8.54. The molecule has 136 valence electrons. The van der Waals surface area contributed by atoms with Crippen LogP contribution in [0.1, 0.15) is 37.3 Å². The maximum Gasteiger partial charge on any atom is 0.266 e. The zero-order valence-corrected chi connectivity index (χ0v) is 16.2. The molecule has 5 nitrogen and oxygen atoms in total. The molecular weight excluding hydrogens is 360 g/mol. The van der Waals surface area contributed by atoms with E-state index in [9.17, 15) is 8.42 Å². The van der Waals surface area contributed by atoms with E-state index in [1.54, 1.807) is 25.1 Å². The third-order valence-electron chi connectivity index (χ3n) is 3.76. The molecule has 2 aromatic rings. The number of aromatic nitrogens is 1. The van der Waals surface area contributed by atoms with E-state index in [0.717, 1.165) is 30.4 Å². The van der Waals surface area contributed by atoms with E-state index in [1.165, 1.54) is 12.3 Å². The number of rotatable bonds is 8. The van der Waals surface area contributed by atoms with Crippen LogP contribution in [0.4, 0.5) is 5.82 Å². The fraction of sp³-hybridized carbons (Fsp3) is 0.389. The Kier molecular flexibility index (Phi) is 6.67. The molecule has 1 N–H and O–H groups in total. The molecule has 0 saturated carbocycles. The Morgan fingerprint density at radius 1 is 1.20 bits per heavy atom. The van der Waals surface area contributed by atoms with Crippen LogP contribution in [0.5, 0.6) is 5.75 Å². The third kappa shape index (κ3) is 5.09. The molecule has 0 aliphatic heterocycles. The van der Waals surface area contributed by atoms with Gasteiger partial charge in [0, 0.05) is 11.2 Å². The second-order valence-corrected chi connectivity index (χ2v) is 7.94. The molecular formula is C18H23ClN2O3S. The molecule has 1 aromatic carbocycles. The summed E-state index contributed by atoms with van der Waals surface area (Å²) in [5, 5.41) is 0.374. The molecule has 0 spiro atoms. The first-order valence-electron chi connectivity index (χ1n) is 8.22. The number of hydrogen-bond donors (Lipinski definition) is 1. The number of sulfonamides is 1. The Morgan fingerprint density at radius 2 is 1.96 bits per heavy atom. The lowest BCUT2D eigenvalue weighted by Crippen LogP contribution is -2.16. The highest BCUT2D eigenvalue weighted by Gasteiger charge is 2.22. The van der Waals surface area contributed by atoms with Crippen molar-refractivity contribution in [2.24, 2.45) is 0 Å². The molecule has 0 bridgehead atoms. The summed E-state index contributed by atoms with van der Waals surface area (Å²) in [6.45, 7) is 6.16. The van der Waals surface area contributed by atoms with E-state index in [2.05, 4.69) is 16.6 Å². The zero-order chi connectivity index (χ0) is 18.4. The predicted molar refractivity (Wildman–Crippen MR) is 101 cm³/mol. The van der Waals surface area contributed by atoms with Crippen LogP contribution in [0, 0.1) is 13.8 Å². The number of unbranched alkanes of at least 4 members (excludes halogenated alkanes) is 2. The molecule has 1 aromatic heterocycles. The van der Waals surface area contributed by atoms with E-state index in [-0.39, 0.29) is 10.7 Å². The molecule has 7 heteroatoms. The Hall–Kier alpha value is -1.79. The largest absolute Gasteiger partial charge is 0.492 e. The van der Waals surface area contributed by atoms with Crippen molar-refractivity contribution in [3.63, 3.8) is 0 Å². The maximum atomic E-state index is 12.8. The summed E-state index contributed by atoms with van der Waals surface area (Å²) in [5.41, 5.74) is 1.50. The minimum Gasteiger partial charge on any atom is -0.492 e. The van der Waals surface area contributed by atoms with E-state index in [0.29, 0.717) is 17.4 Å². The van der Waals surface area contributed by atoms with Crippen LogP contribution in [0.3, 0.4) is 0 Å². The summed E-state index contributed by atoms with van der Waals surface area (Å²) in [5.74, 6) is 0.593. The van der Waals surface area contributed by atoms with E-state index in [1.807, 2.05) is 6.92 Å². The SMILES string of the molecule is CCCCCOc1cc(C)c(Cl)cc1S(=O)(=O)Nc1ncccc1C. The third-order valence-corrected chi connectivity index (χ3v) is 5.53. The molecule has 2 rings (SSSR count). The molecule has 0 saturated heterocycles. The Balaban J connectivity index is 2.34. The molecule has 25 heavy (non-hydrogen) atoms. The van der Waals surface area contributed by atoms with Gasteiger partial charge in [-0.25, -0.2) is 13.4 Å². The summed E-state index contributed by atoms with van der Waals surface area (Å²) < 4.78 is 33.9. The van der Waals surface area contributed by atoms with Crippen LogP contribution in [-0.4, -0.2) is 20.0 Å². The number of anilines is 1. The van der Waals surface area contributed by atoms with Gasteiger partial charge >= 0.3 is 0 Å². The molecule has 0 fully saturated rings. The van der Waals surface area contributed by atoms with Crippen molar-refractivity contribution in [1.82, 2.24) is 4.98 Å². The van der Waals surface area contributed by atoms with Crippen LogP contribution in [-0.2, 0) is 10.0 Å². The van der Waals surface area contributed by atoms with Crippen LogP contribution in [0.2, 0.25) is 5.02 Å². The molecule has 0 unspecified atom stereocenters. The number of benzene rings is 1. The molecule has 0 radical (unpaired) electrons. The molecule has 0 aliphatic carbocycles. The zero-order valence-electron chi connectivity index (χ0n) is 14.7. The normalized spacial score (nSPS) is 11.4. The van der Waals surface area contributed by atoms with Crippen molar-refractivity contribution in [2.75, 3.05) is 11.3 Å². The van der Waals surface area contributed by atoms with Crippen molar-refractivity contribution in [1.29, 1.82) is 0 Å². The average molecular weight is 383 g/mol. The van der Waals surface area contributed by atoms with Gasteiger partial charge in [0.15, 0.2) is 0 Å². The molecule has 1 heterocycles. The van der Waals surface area contributed by atoms with Crippen molar-refractivity contribution in [2.45, 2.75) is 44.9 Å². The molecule has 0 aliphatic rings. The number of hydrogen-bond acceptors (Lipinski definition) is 4.